The van der Waals surface area contributed by atoms with Gasteiger partial charge in [0.1, 0.15) is 22.6 Å². The van der Waals surface area contributed by atoms with E-state index >= 15 is 0 Å². The summed E-state index contributed by atoms with van der Waals surface area (Å²) in [4.78, 5) is 4.94. The number of nitrogens with two attached hydrogens (primary N) is 1. The van der Waals surface area contributed by atoms with Crippen LogP contribution in [0.5, 0.6) is 11.5 Å². The lowest BCUT2D eigenvalue weighted by atomic mass is 10.1. The Kier molecular flexibility index (Phi) is 4.00. The van der Waals surface area contributed by atoms with Crippen molar-refractivity contribution in [2.75, 3.05) is 14.2 Å². The third kappa shape index (κ3) is 2.52. The number of ether oxygens (including phenoxy) is 2. The maximum Gasteiger partial charge on any atom is 0.159 e. The molecule has 1 aromatic carbocycles. The maximum atomic E-state index is 9.16. The van der Waals surface area contributed by atoms with Gasteiger partial charge in [-0.25, -0.2) is 4.98 Å². The summed E-state index contributed by atoms with van der Waals surface area (Å²) < 4.78 is 10.5. The van der Waals surface area contributed by atoms with E-state index in [4.69, 9.17) is 20.5 Å². The van der Waals surface area contributed by atoms with E-state index in [0.717, 1.165) is 15.4 Å². The highest BCUT2D eigenvalue weighted by Crippen LogP contribution is 2.38. The van der Waals surface area contributed by atoms with Crippen LogP contribution < -0.4 is 15.2 Å². The molecular weight excluding hydrogens is 262 g/mol. The van der Waals surface area contributed by atoms with Gasteiger partial charge in [0.05, 0.1) is 19.1 Å². The summed E-state index contributed by atoms with van der Waals surface area (Å²) in [5.74, 6) is 1.37. The van der Waals surface area contributed by atoms with Crippen molar-refractivity contribution in [1.82, 2.24) is 4.98 Å². The molecule has 6 heteroatoms. The van der Waals surface area contributed by atoms with Crippen LogP contribution in [0, 0.1) is 11.3 Å². The largest absolute Gasteiger partial charge is 0.497 e. The second-order valence-corrected chi connectivity index (χ2v) is 4.75. The van der Waals surface area contributed by atoms with E-state index in [-0.39, 0.29) is 0 Å². The Balaban J connectivity index is 2.63. The normalized spacial score (nSPS) is 10.0. The van der Waals surface area contributed by atoms with Gasteiger partial charge in [0.2, 0.25) is 0 Å². The van der Waals surface area contributed by atoms with E-state index in [2.05, 4.69) is 11.1 Å². The second-order valence-electron chi connectivity index (χ2n) is 3.67. The number of aromatic nitrogens is 1. The van der Waals surface area contributed by atoms with E-state index in [9.17, 15) is 0 Å². The molecule has 0 fully saturated rings. The van der Waals surface area contributed by atoms with Gasteiger partial charge in [-0.1, -0.05) is 0 Å². The second kappa shape index (κ2) is 5.69. The molecule has 98 valence electrons. The quantitative estimate of drug-likeness (QED) is 0.924. The smallest absolute Gasteiger partial charge is 0.159 e. The molecule has 0 bridgehead atoms. The fraction of sp³-hybridized carbons (Fsp3) is 0.231. The number of nitrogens with zero attached hydrogens (tertiary/aromatic N) is 2. The van der Waals surface area contributed by atoms with Gasteiger partial charge in [0.15, 0.2) is 5.69 Å². The monoisotopic (exact) mass is 275 g/mol. The zero-order valence-electron chi connectivity index (χ0n) is 10.6. The number of hydrogen-bond acceptors (Lipinski definition) is 6. The van der Waals surface area contributed by atoms with E-state index in [1.54, 1.807) is 26.4 Å². The van der Waals surface area contributed by atoms with Crippen molar-refractivity contribution in [3.63, 3.8) is 0 Å². The van der Waals surface area contributed by atoms with Gasteiger partial charge in [-0.15, -0.1) is 11.3 Å². The van der Waals surface area contributed by atoms with Crippen LogP contribution in [0.25, 0.3) is 10.4 Å². The molecular formula is C13H13N3O2S. The summed E-state index contributed by atoms with van der Waals surface area (Å²) >= 11 is 1.39. The van der Waals surface area contributed by atoms with Crippen molar-refractivity contribution >= 4 is 11.3 Å². The number of rotatable bonds is 4. The van der Waals surface area contributed by atoms with Crippen LogP contribution in [0.1, 0.15) is 10.7 Å². The molecule has 5 nitrogen and oxygen atoms in total. The summed E-state index contributed by atoms with van der Waals surface area (Å²) in [5.41, 5.74) is 6.72. The highest BCUT2D eigenvalue weighted by atomic mass is 32.1. The van der Waals surface area contributed by atoms with Crippen molar-refractivity contribution in [2.24, 2.45) is 5.73 Å². The predicted molar refractivity (Wildman–Crippen MR) is 73.3 cm³/mol. The first-order valence-electron chi connectivity index (χ1n) is 5.55. The topological polar surface area (TPSA) is 81.2 Å². The van der Waals surface area contributed by atoms with Crippen molar-refractivity contribution in [3.05, 3.63) is 28.9 Å². The van der Waals surface area contributed by atoms with E-state index in [0.29, 0.717) is 23.7 Å². The molecule has 0 amide bonds. The zero-order chi connectivity index (χ0) is 13.8. The molecule has 0 spiro atoms. The van der Waals surface area contributed by atoms with E-state index in [1.165, 1.54) is 11.3 Å². The molecule has 0 unspecified atom stereocenters. The molecule has 2 rings (SSSR count). The highest BCUT2D eigenvalue weighted by Gasteiger charge is 2.16. The number of benzene rings is 1. The lowest BCUT2D eigenvalue weighted by Crippen LogP contribution is -1.94. The highest BCUT2D eigenvalue weighted by molar-refractivity contribution is 7.15. The van der Waals surface area contributed by atoms with Gasteiger partial charge in [-0.3, -0.25) is 0 Å². The Labute approximate surface area is 115 Å². The van der Waals surface area contributed by atoms with Gasteiger partial charge in [0.25, 0.3) is 0 Å². The lowest BCUT2D eigenvalue weighted by molar-refractivity contribution is 0.404. The summed E-state index contributed by atoms with van der Waals surface area (Å²) in [7, 11) is 3.18. The van der Waals surface area contributed by atoms with Crippen LogP contribution in [-0.2, 0) is 6.54 Å². The molecule has 0 radical (unpaired) electrons. The zero-order valence-corrected chi connectivity index (χ0v) is 11.5. The third-order valence-corrected chi connectivity index (χ3v) is 3.71. The Bertz CT molecular complexity index is 631. The Hall–Kier alpha value is -2.10. The molecule has 2 aromatic rings. The molecule has 0 aliphatic heterocycles. The Morgan fingerprint density at radius 2 is 2.16 bits per heavy atom. The molecule has 0 saturated carbocycles. The molecule has 19 heavy (non-hydrogen) atoms. The summed E-state index contributed by atoms with van der Waals surface area (Å²) in [6, 6.07) is 7.52. The predicted octanol–water partition coefficient (Wildman–Crippen LogP) is 2.16. The molecule has 2 N–H and O–H groups in total. The number of methoxy groups -OCH3 is 2. The van der Waals surface area contributed by atoms with Crippen molar-refractivity contribution in [3.8, 4) is 28.0 Å². The molecule has 1 heterocycles. The molecule has 0 saturated heterocycles. The average molecular weight is 275 g/mol. The molecule has 0 aliphatic carbocycles. The fourth-order valence-corrected chi connectivity index (χ4v) is 2.61. The maximum absolute atomic E-state index is 9.16. The van der Waals surface area contributed by atoms with Gasteiger partial charge < -0.3 is 15.2 Å². The minimum Gasteiger partial charge on any atom is -0.497 e. The van der Waals surface area contributed by atoms with Crippen LogP contribution in [-0.4, -0.2) is 19.2 Å². The first-order valence-corrected chi connectivity index (χ1v) is 6.37. The van der Waals surface area contributed by atoms with Crippen LogP contribution in [0.4, 0.5) is 0 Å². The molecule has 1 aromatic heterocycles. The van der Waals surface area contributed by atoms with Gasteiger partial charge >= 0.3 is 0 Å². The first-order chi connectivity index (χ1) is 9.23. The van der Waals surface area contributed by atoms with Crippen LogP contribution in [0.2, 0.25) is 0 Å². The lowest BCUT2D eigenvalue weighted by Gasteiger charge is -2.08. The van der Waals surface area contributed by atoms with Crippen LogP contribution in [0.15, 0.2) is 18.2 Å². The SMILES string of the molecule is COc1ccc(OC)c(-c2sc(CN)nc2C#N)c1. The minimum absolute atomic E-state index is 0.311. The van der Waals surface area contributed by atoms with Crippen LogP contribution >= 0.6 is 11.3 Å². The van der Waals surface area contributed by atoms with Gasteiger partial charge in [-0.05, 0) is 18.2 Å². The van der Waals surface area contributed by atoms with Crippen molar-refractivity contribution in [1.29, 1.82) is 5.26 Å². The van der Waals surface area contributed by atoms with Crippen LogP contribution in [0.3, 0.4) is 0 Å². The Morgan fingerprint density at radius 1 is 1.37 bits per heavy atom. The Morgan fingerprint density at radius 3 is 2.74 bits per heavy atom. The summed E-state index contributed by atoms with van der Waals surface area (Å²) in [6.45, 7) is 0.311. The van der Waals surface area contributed by atoms with Gasteiger partial charge in [-0.2, -0.15) is 5.26 Å². The van der Waals surface area contributed by atoms with Crippen molar-refractivity contribution in [2.45, 2.75) is 6.54 Å². The number of nitriles is 1. The fourth-order valence-electron chi connectivity index (χ4n) is 1.70. The standard InChI is InChI=1S/C13H13N3O2S/c1-17-8-3-4-11(18-2)9(5-8)13-10(6-14)16-12(7-15)19-13/h3-5H,7,15H2,1-2H3. The number of hydrogen-bond donors (Lipinski definition) is 1. The van der Waals surface area contributed by atoms with E-state index < -0.39 is 0 Å². The third-order valence-electron chi connectivity index (χ3n) is 2.60. The first kappa shape index (κ1) is 13.3. The molecule has 0 atom stereocenters. The van der Waals surface area contributed by atoms with E-state index in [1.807, 2.05) is 6.07 Å². The molecule has 0 aliphatic rings. The summed E-state index contributed by atoms with van der Waals surface area (Å²) in [5, 5.41) is 9.88. The average Bonchev–Trinajstić information content (AvgIpc) is 2.89. The minimum atomic E-state index is 0.311. The van der Waals surface area contributed by atoms with Crippen molar-refractivity contribution < 1.29 is 9.47 Å². The summed E-state index contributed by atoms with van der Waals surface area (Å²) in [6.07, 6.45) is 0. The number of thiazole rings is 1. The van der Waals surface area contributed by atoms with Gasteiger partial charge in [0, 0.05) is 12.1 Å².